The summed E-state index contributed by atoms with van der Waals surface area (Å²) in [5, 5.41) is 11.3. The average molecular weight is 358 g/mol. The third kappa shape index (κ3) is 4.32. The number of carbonyl (C=O) groups is 2. The van der Waals surface area contributed by atoms with Crippen molar-refractivity contribution in [2.24, 2.45) is 10.2 Å². The van der Waals surface area contributed by atoms with Gasteiger partial charge in [-0.3, -0.25) is 9.59 Å². The number of carbonyl (C=O) groups excluding carboxylic acids is 2. The molecule has 7 nitrogen and oxygen atoms in total. The Morgan fingerprint density at radius 2 is 1.84 bits per heavy atom. The summed E-state index contributed by atoms with van der Waals surface area (Å²) >= 11 is 0. The largest absolute Gasteiger partial charge is 0.442 e. The van der Waals surface area contributed by atoms with Gasteiger partial charge in [-0.2, -0.15) is 13.2 Å². The molecule has 0 saturated carbocycles. The van der Waals surface area contributed by atoms with Gasteiger partial charge in [0.25, 0.3) is 0 Å². The highest BCUT2D eigenvalue weighted by atomic mass is 19.4. The Bertz CT molecular complexity index is 668. The molecule has 0 spiro atoms. The van der Waals surface area contributed by atoms with Crippen LogP contribution in [0.5, 0.6) is 0 Å². The maximum absolute atomic E-state index is 12.9. The first-order chi connectivity index (χ1) is 11.7. The van der Waals surface area contributed by atoms with E-state index in [1.54, 1.807) is 0 Å². The number of rotatable bonds is 7. The first-order valence-electron chi connectivity index (χ1n) is 7.33. The van der Waals surface area contributed by atoms with Gasteiger partial charge in [0, 0.05) is 26.1 Å². The van der Waals surface area contributed by atoms with E-state index in [0.29, 0.717) is 5.56 Å². The lowest BCUT2D eigenvalue weighted by atomic mass is 10.0. The zero-order chi connectivity index (χ0) is 18.7. The molecule has 25 heavy (non-hydrogen) atoms. The monoisotopic (exact) mass is 358 g/mol. The fourth-order valence-electron chi connectivity index (χ4n) is 2.20. The van der Waals surface area contributed by atoms with Crippen LogP contribution in [0.15, 0.2) is 34.5 Å². The summed E-state index contributed by atoms with van der Waals surface area (Å²) in [5.41, 5.74) is -1.94. The van der Waals surface area contributed by atoms with E-state index in [2.05, 4.69) is 20.9 Å². The van der Waals surface area contributed by atoms with Gasteiger partial charge in [-0.15, -0.1) is 10.2 Å². The van der Waals surface area contributed by atoms with Crippen LogP contribution in [0, 0.1) is 0 Å². The van der Waals surface area contributed by atoms with Crippen molar-refractivity contribution in [2.75, 3.05) is 13.7 Å². The molecule has 1 aromatic rings. The molecule has 0 aromatic heterocycles. The number of amides is 2. The molecule has 0 radical (unpaired) electrons. The van der Waals surface area contributed by atoms with Crippen LogP contribution >= 0.6 is 0 Å². The topological polar surface area (TPSA) is 92.1 Å². The molecule has 2 N–H and O–H groups in total. The molecule has 10 heteroatoms. The Morgan fingerprint density at radius 1 is 1.24 bits per heavy atom. The van der Waals surface area contributed by atoms with Crippen LogP contribution in [-0.2, 0) is 26.5 Å². The maximum atomic E-state index is 12.9. The first-order valence-corrected chi connectivity index (χ1v) is 7.33. The number of hydrogen-bond acceptors (Lipinski definition) is 5. The second kappa shape index (κ2) is 7.18. The summed E-state index contributed by atoms with van der Waals surface area (Å²) in [6.07, 6.45) is -4.57. The van der Waals surface area contributed by atoms with Crippen LogP contribution in [0.1, 0.15) is 18.1 Å². The predicted octanol–water partition coefficient (Wildman–Crippen LogP) is 1.63. The Morgan fingerprint density at radius 3 is 2.28 bits per heavy atom. The van der Waals surface area contributed by atoms with Gasteiger partial charge in [-0.05, 0) is 5.56 Å². The molecule has 1 aliphatic heterocycles. The van der Waals surface area contributed by atoms with Crippen molar-refractivity contribution in [2.45, 2.75) is 31.3 Å². The number of methoxy groups -OCH3 is 1. The number of hydrogen-bond donors (Lipinski definition) is 2. The smallest absolute Gasteiger partial charge is 0.382 e. The highest BCUT2D eigenvalue weighted by Gasteiger charge is 2.65. The standard InChI is InChI=1S/C15H17F3N4O3/c1-9(23)20-12(8-25-2)13(24)19-7-10-3-5-11(6-4-10)14(21-22-14)15(16,17)18/h3-6,12H,7-8H2,1-2H3,(H,19,24)(H,20,23). The summed E-state index contributed by atoms with van der Waals surface area (Å²) < 4.78 is 43.6. The molecule has 0 aliphatic carbocycles. The van der Waals surface area contributed by atoms with E-state index < -0.39 is 23.8 Å². The number of nitrogens with zero attached hydrogens (tertiary/aromatic N) is 2. The van der Waals surface area contributed by atoms with Crippen LogP contribution in [0.2, 0.25) is 0 Å². The Kier molecular flexibility index (Phi) is 5.41. The van der Waals surface area contributed by atoms with Crippen LogP contribution in [0.25, 0.3) is 0 Å². The minimum Gasteiger partial charge on any atom is -0.382 e. The van der Waals surface area contributed by atoms with Crippen molar-refractivity contribution < 1.29 is 27.5 Å². The number of nitrogens with one attached hydrogen (secondary N) is 2. The molecule has 136 valence electrons. The van der Waals surface area contributed by atoms with Crippen molar-refractivity contribution in [3.8, 4) is 0 Å². The predicted molar refractivity (Wildman–Crippen MR) is 80.4 cm³/mol. The number of benzene rings is 1. The summed E-state index contributed by atoms with van der Waals surface area (Å²) in [4.78, 5) is 23.1. The third-order valence-corrected chi connectivity index (χ3v) is 3.55. The zero-order valence-corrected chi connectivity index (χ0v) is 13.6. The lowest BCUT2D eigenvalue weighted by Crippen LogP contribution is -2.48. The molecule has 1 aromatic carbocycles. The van der Waals surface area contributed by atoms with Gasteiger partial charge in [0.05, 0.1) is 6.61 Å². The van der Waals surface area contributed by atoms with Gasteiger partial charge in [0.2, 0.25) is 11.8 Å². The third-order valence-electron chi connectivity index (χ3n) is 3.55. The highest BCUT2D eigenvalue weighted by molar-refractivity contribution is 5.86. The maximum Gasteiger partial charge on any atom is 0.442 e. The SMILES string of the molecule is COCC(NC(C)=O)C(=O)NCc1ccc(C2(C(F)(F)F)N=N2)cc1. The quantitative estimate of drug-likeness (QED) is 0.776. The van der Waals surface area contributed by atoms with E-state index in [9.17, 15) is 22.8 Å². The van der Waals surface area contributed by atoms with Gasteiger partial charge in [0.1, 0.15) is 6.04 Å². The summed E-state index contributed by atoms with van der Waals surface area (Å²) in [7, 11) is 1.39. The minimum absolute atomic E-state index is 0.00145. The molecule has 1 heterocycles. The molecular weight excluding hydrogens is 341 g/mol. The van der Waals surface area contributed by atoms with E-state index in [-0.39, 0.29) is 24.6 Å². The van der Waals surface area contributed by atoms with Crippen molar-refractivity contribution in [3.05, 3.63) is 35.4 Å². The molecule has 0 fully saturated rings. The second-order valence-electron chi connectivity index (χ2n) is 5.49. The van der Waals surface area contributed by atoms with Crippen molar-refractivity contribution in [1.29, 1.82) is 0 Å². The van der Waals surface area contributed by atoms with Gasteiger partial charge < -0.3 is 15.4 Å². The molecular formula is C15H17F3N4O3. The average Bonchev–Trinajstić information content (AvgIpc) is 3.34. The van der Waals surface area contributed by atoms with E-state index in [1.807, 2.05) is 0 Å². The summed E-state index contributed by atoms with van der Waals surface area (Å²) in [6.45, 7) is 1.37. The Balaban J connectivity index is 1.95. The van der Waals surface area contributed by atoms with E-state index >= 15 is 0 Å². The fourth-order valence-corrected chi connectivity index (χ4v) is 2.20. The van der Waals surface area contributed by atoms with Gasteiger partial charge in [-0.25, -0.2) is 0 Å². The first kappa shape index (κ1) is 18.8. The van der Waals surface area contributed by atoms with Crippen LogP contribution in [0.3, 0.4) is 0 Å². The number of ether oxygens (including phenoxy) is 1. The minimum atomic E-state index is -4.57. The van der Waals surface area contributed by atoms with Crippen LogP contribution in [-0.4, -0.2) is 37.7 Å². The molecule has 1 unspecified atom stereocenters. The number of alkyl halides is 3. The molecule has 1 aliphatic rings. The highest BCUT2D eigenvalue weighted by Crippen LogP contribution is 2.52. The molecule has 2 amide bonds. The molecule has 0 bridgehead atoms. The van der Waals surface area contributed by atoms with Gasteiger partial charge in [0.15, 0.2) is 0 Å². The van der Waals surface area contributed by atoms with E-state index in [4.69, 9.17) is 4.74 Å². The van der Waals surface area contributed by atoms with Crippen LogP contribution in [0.4, 0.5) is 13.2 Å². The fraction of sp³-hybridized carbons (Fsp3) is 0.467. The molecule has 2 rings (SSSR count). The van der Waals surface area contributed by atoms with Crippen molar-refractivity contribution in [3.63, 3.8) is 0 Å². The summed E-state index contributed by atoms with van der Waals surface area (Å²) in [6, 6.07) is 4.61. The molecule has 0 saturated heterocycles. The van der Waals surface area contributed by atoms with E-state index in [0.717, 1.165) is 0 Å². The lowest BCUT2D eigenvalue weighted by Gasteiger charge is -2.17. The molecule has 1 atom stereocenters. The lowest BCUT2D eigenvalue weighted by molar-refractivity contribution is -0.166. The number of halogens is 3. The second-order valence-corrected chi connectivity index (χ2v) is 5.49. The van der Waals surface area contributed by atoms with Crippen molar-refractivity contribution in [1.82, 2.24) is 10.6 Å². The van der Waals surface area contributed by atoms with E-state index in [1.165, 1.54) is 38.3 Å². The Hall–Kier alpha value is -2.49. The van der Waals surface area contributed by atoms with Gasteiger partial charge in [-0.1, -0.05) is 24.3 Å². The van der Waals surface area contributed by atoms with Crippen LogP contribution < -0.4 is 10.6 Å². The van der Waals surface area contributed by atoms with Gasteiger partial charge >= 0.3 is 11.8 Å². The Labute approximate surface area is 141 Å². The summed E-state index contributed by atoms with van der Waals surface area (Å²) in [5.74, 6) is -0.837. The normalized spacial score (nSPS) is 16.2. The zero-order valence-electron chi connectivity index (χ0n) is 13.6. The van der Waals surface area contributed by atoms with Crippen molar-refractivity contribution >= 4 is 11.8 Å².